The van der Waals surface area contributed by atoms with Gasteiger partial charge in [0.2, 0.25) is 5.91 Å². The van der Waals surface area contributed by atoms with Crippen molar-refractivity contribution in [2.24, 2.45) is 11.3 Å². The molecular formula is C15H26N4O2. The van der Waals surface area contributed by atoms with Gasteiger partial charge < -0.3 is 10.4 Å². The fraction of sp³-hybridized carbons (Fsp3) is 0.733. The number of anilines is 1. The summed E-state index contributed by atoms with van der Waals surface area (Å²) in [5.74, 6) is 0.383. The first kappa shape index (κ1) is 16.0. The van der Waals surface area contributed by atoms with Crippen molar-refractivity contribution in [3.63, 3.8) is 0 Å². The van der Waals surface area contributed by atoms with E-state index in [1.54, 1.807) is 0 Å². The SMILES string of the molecule is Cc1n[nH]c(C)c1NC(=O)CN1CCC(CO)(C(C)C)C1. The predicted molar refractivity (Wildman–Crippen MR) is 82.1 cm³/mol. The third kappa shape index (κ3) is 3.27. The van der Waals surface area contributed by atoms with E-state index in [4.69, 9.17) is 0 Å². The van der Waals surface area contributed by atoms with Gasteiger partial charge in [0.1, 0.15) is 0 Å². The van der Waals surface area contributed by atoms with Gasteiger partial charge in [0.25, 0.3) is 0 Å². The Morgan fingerprint density at radius 2 is 2.24 bits per heavy atom. The minimum atomic E-state index is -0.0677. The van der Waals surface area contributed by atoms with Gasteiger partial charge in [-0.15, -0.1) is 0 Å². The average Bonchev–Trinajstić information content (AvgIpc) is 2.98. The average molecular weight is 294 g/mol. The van der Waals surface area contributed by atoms with Crippen LogP contribution in [0.25, 0.3) is 0 Å². The molecule has 21 heavy (non-hydrogen) atoms. The number of amides is 1. The minimum absolute atomic E-state index is 0.0277. The number of aliphatic hydroxyl groups is 1. The number of rotatable bonds is 5. The predicted octanol–water partition coefficient (Wildman–Crippen LogP) is 1.31. The maximum absolute atomic E-state index is 12.2. The number of hydrogen-bond acceptors (Lipinski definition) is 4. The molecule has 3 N–H and O–H groups in total. The first-order chi connectivity index (χ1) is 9.88. The zero-order chi connectivity index (χ0) is 15.6. The van der Waals surface area contributed by atoms with Crippen LogP contribution in [0.1, 0.15) is 31.7 Å². The highest BCUT2D eigenvalue weighted by atomic mass is 16.3. The van der Waals surface area contributed by atoms with E-state index >= 15 is 0 Å². The van der Waals surface area contributed by atoms with Crippen molar-refractivity contribution in [3.8, 4) is 0 Å². The third-order valence-electron chi connectivity index (χ3n) is 4.76. The summed E-state index contributed by atoms with van der Waals surface area (Å²) in [6.07, 6.45) is 0.943. The van der Waals surface area contributed by atoms with Crippen molar-refractivity contribution >= 4 is 11.6 Å². The molecule has 0 radical (unpaired) electrons. The molecule has 1 aromatic heterocycles. The van der Waals surface area contributed by atoms with Gasteiger partial charge in [-0.1, -0.05) is 13.8 Å². The van der Waals surface area contributed by atoms with E-state index in [1.165, 1.54) is 0 Å². The number of hydrogen-bond donors (Lipinski definition) is 3. The molecule has 0 aromatic carbocycles. The number of carbonyl (C=O) groups is 1. The van der Waals surface area contributed by atoms with Gasteiger partial charge in [-0.2, -0.15) is 5.10 Å². The molecule has 1 amide bonds. The second-order valence-corrected chi connectivity index (χ2v) is 6.49. The summed E-state index contributed by atoms with van der Waals surface area (Å²) < 4.78 is 0. The topological polar surface area (TPSA) is 81.2 Å². The van der Waals surface area contributed by atoms with Gasteiger partial charge in [0.05, 0.1) is 30.2 Å². The molecular weight excluding hydrogens is 268 g/mol. The van der Waals surface area contributed by atoms with Crippen molar-refractivity contribution in [1.82, 2.24) is 15.1 Å². The molecule has 1 aromatic rings. The summed E-state index contributed by atoms with van der Waals surface area (Å²) in [7, 11) is 0. The highest BCUT2D eigenvalue weighted by Crippen LogP contribution is 2.37. The lowest BCUT2D eigenvalue weighted by molar-refractivity contribution is -0.117. The molecule has 0 spiro atoms. The maximum atomic E-state index is 12.2. The zero-order valence-electron chi connectivity index (χ0n) is 13.4. The number of aryl methyl sites for hydroxylation is 2. The number of likely N-dealkylation sites (tertiary alicyclic amines) is 1. The zero-order valence-corrected chi connectivity index (χ0v) is 13.4. The van der Waals surface area contributed by atoms with Crippen LogP contribution in [-0.4, -0.2) is 52.4 Å². The lowest BCUT2D eigenvalue weighted by Crippen LogP contribution is -2.38. The molecule has 1 aliphatic rings. The van der Waals surface area contributed by atoms with Crippen LogP contribution in [0.2, 0.25) is 0 Å². The van der Waals surface area contributed by atoms with Crippen LogP contribution in [0.3, 0.4) is 0 Å². The number of nitrogens with one attached hydrogen (secondary N) is 2. The number of aromatic nitrogens is 2. The van der Waals surface area contributed by atoms with Gasteiger partial charge in [-0.05, 0) is 32.7 Å². The molecule has 2 rings (SSSR count). The Morgan fingerprint density at radius 3 is 2.71 bits per heavy atom. The monoisotopic (exact) mass is 294 g/mol. The standard InChI is InChI=1S/C15H26N4O2/c1-10(2)15(9-20)5-6-19(8-15)7-13(21)16-14-11(3)17-18-12(14)4/h10,20H,5-9H2,1-4H3,(H,16,21)(H,17,18). The molecule has 6 heteroatoms. The summed E-state index contributed by atoms with van der Waals surface area (Å²) >= 11 is 0. The lowest BCUT2D eigenvalue weighted by Gasteiger charge is -2.31. The van der Waals surface area contributed by atoms with E-state index in [0.29, 0.717) is 12.5 Å². The number of carbonyl (C=O) groups excluding carboxylic acids is 1. The Balaban J connectivity index is 1.93. The summed E-state index contributed by atoms with van der Waals surface area (Å²) in [4.78, 5) is 14.3. The molecule has 1 fully saturated rings. The number of aromatic amines is 1. The molecule has 6 nitrogen and oxygen atoms in total. The van der Waals surface area contributed by atoms with Crippen LogP contribution in [0.15, 0.2) is 0 Å². The van der Waals surface area contributed by atoms with Crippen molar-refractivity contribution in [2.45, 2.75) is 34.1 Å². The Bertz CT molecular complexity index is 492. The molecule has 0 saturated carbocycles. The van der Waals surface area contributed by atoms with Crippen molar-refractivity contribution < 1.29 is 9.90 Å². The van der Waals surface area contributed by atoms with Crippen LogP contribution in [-0.2, 0) is 4.79 Å². The van der Waals surface area contributed by atoms with E-state index in [1.807, 2.05) is 13.8 Å². The third-order valence-corrected chi connectivity index (χ3v) is 4.76. The second-order valence-electron chi connectivity index (χ2n) is 6.49. The summed E-state index contributed by atoms with van der Waals surface area (Å²) in [5.41, 5.74) is 2.38. The number of H-pyrrole nitrogens is 1. The summed E-state index contributed by atoms with van der Waals surface area (Å²) in [5, 5.41) is 19.5. The Kier molecular flexibility index (Phi) is 4.68. The van der Waals surface area contributed by atoms with Crippen LogP contribution < -0.4 is 5.32 Å². The van der Waals surface area contributed by atoms with Crippen LogP contribution in [0, 0.1) is 25.2 Å². The van der Waals surface area contributed by atoms with Gasteiger partial charge >= 0.3 is 0 Å². The van der Waals surface area contributed by atoms with Crippen molar-refractivity contribution in [2.75, 3.05) is 31.6 Å². The van der Waals surface area contributed by atoms with Gasteiger partial charge in [-0.3, -0.25) is 14.8 Å². The fourth-order valence-corrected chi connectivity index (χ4v) is 3.02. The highest BCUT2D eigenvalue weighted by molar-refractivity contribution is 5.93. The van der Waals surface area contributed by atoms with Gasteiger partial charge in [0, 0.05) is 12.0 Å². The molecule has 1 saturated heterocycles. The van der Waals surface area contributed by atoms with Gasteiger partial charge in [-0.25, -0.2) is 0 Å². The summed E-state index contributed by atoms with van der Waals surface area (Å²) in [6, 6.07) is 0. The molecule has 1 atom stereocenters. The van der Waals surface area contributed by atoms with Crippen molar-refractivity contribution in [1.29, 1.82) is 0 Å². The van der Waals surface area contributed by atoms with Crippen LogP contribution >= 0.6 is 0 Å². The van der Waals surface area contributed by atoms with E-state index in [2.05, 4.69) is 34.3 Å². The van der Waals surface area contributed by atoms with Crippen LogP contribution in [0.4, 0.5) is 5.69 Å². The Hall–Kier alpha value is -1.40. The highest BCUT2D eigenvalue weighted by Gasteiger charge is 2.40. The fourth-order valence-electron chi connectivity index (χ4n) is 3.02. The number of nitrogens with zero attached hydrogens (tertiary/aromatic N) is 2. The van der Waals surface area contributed by atoms with Crippen LogP contribution in [0.5, 0.6) is 0 Å². The quantitative estimate of drug-likeness (QED) is 0.765. The molecule has 1 aliphatic heterocycles. The molecule has 118 valence electrons. The Labute approximate surface area is 125 Å². The van der Waals surface area contributed by atoms with E-state index in [9.17, 15) is 9.90 Å². The Morgan fingerprint density at radius 1 is 1.52 bits per heavy atom. The smallest absolute Gasteiger partial charge is 0.238 e. The maximum Gasteiger partial charge on any atom is 0.238 e. The molecule has 2 heterocycles. The van der Waals surface area contributed by atoms with E-state index in [-0.39, 0.29) is 17.9 Å². The minimum Gasteiger partial charge on any atom is -0.396 e. The summed E-state index contributed by atoms with van der Waals surface area (Å²) in [6.45, 7) is 10.2. The first-order valence-corrected chi connectivity index (χ1v) is 7.52. The van der Waals surface area contributed by atoms with E-state index in [0.717, 1.165) is 36.6 Å². The van der Waals surface area contributed by atoms with Gasteiger partial charge in [0.15, 0.2) is 0 Å². The lowest BCUT2D eigenvalue weighted by atomic mass is 9.77. The first-order valence-electron chi connectivity index (χ1n) is 7.52. The largest absolute Gasteiger partial charge is 0.396 e. The number of aliphatic hydroxyl groups excluding tert-OH is 1. The second kappa shape index (κ2) is 6.15. The normalized spacial score (nSPS) is 23.0. The molecule has 1 unspecified atom stereocenters. The van der Waals surface area contributed by atoms with Crippen molar-refractivity contribution in [3.05, 3.63) is 11.4 Å². The molecule has 0 aliphatic carbocycles. The van der Waals surface area contributed by atoms with E-state index < -0.39 is 0 Å². The molecule has 0 bridgehead atoms.